The van der Waals surface area contributed by atoms with Crippen molar-refractivity contribution in [3.8, 4) is 0 Å². The van der Waals surface area contributed by atoms with Crippen molar-refractivity contribution in [1.29, 1.82) is 0 Å². The summed E-state index contributed by atoms with van der Waals surface area (Å²) in [5.74, 6) is 0. The highest BCUT2D eigenvalue weighted by atomic mass is 16.5. The Morgan fingerprint density at radius 2 is 2.05 bits per heavy atom. The van der Waals surface area contributed by atoms with E-state index in [1.165, 1.54) is 0 Å². The fraction of sp³-hybridized carbons (Fsp3) is 0.467. The molecule has 1 heterocycles. The van der Waals surface area contributed by atoms with Gasteiger partial charge in [-0.3, -0.25) is 4.98 Å². The fourth-order valence-corrected chi connectivity index (χ4v) is 1.92. The topological polar surface area (TPSA) is 59.1 Å². The normalized spacial score (nSPS) is 12.7. The molecule has 0 fully saturated rings. The Labute approximate surface area is 119 Å². The van der Waals surface area contributed by atoms with Gasteiger partial charge >= 0.3 is 0 Å². The zero-order valence-electron chi connectivity index (χ0n) is 12.1. The van der Waals surface area contributed by atoms with Gasteiger partial charge in [-0.05, 0) is 19.1 Å². The number of ether oxygens (including phenoxy) is 1. The molecule has 2 N–H and O–H groups in total. The number of nitrogens with zero attached hydrogens (tertiary/aromatic N) is 2. The quantitative estimate of drug-likeness (QED) is 0.712. The molecule has 1 unspecified atom stereocenters. The number of para-hydroxylation sites is 2. The molecule has 0 aliphatic carbocycles. The molecule has 0 bridgehead atoms. The Kier molecular flexibility index (Phi) is 5.86. The molecule has 2 aromatic rings. The van der Waals surface area contributed by atoms with Crippen molar-refractivity contribution in [2.75, 3.05) is 26.8 Å². The Morgan fingerprint density at radius 1 is 1.25 bits per heavy atom. The highest BCUT2D eigenvalue weighted by Gasteiger charge is 2.03. The van der Waals surface area contributed by atoms with Crippen LogP contribution < -0.4 is 10.6 Å². The molecule has 0 spiro atoms. The minimum absolute atomic E-state index is 0.375. The molecule has 1 atom stereocenters. The lowest BCUT2D eigenvalue weighted by Crippen LogP contribution is -2.37. The summed E-state index contributed by atoms with van der Waals surface area (Å²) < 4.78 is 4.99. The number of hydrogen-bond donors (Lipinski definition) is 2. The largest absolute Gasteiger partial charge is 0.383 e. The van der Waals surface area contributed by atoms with Crippen LogP contribution >= 0.6 is 0 Å². The first-order valence-corrected chi connectivity index (χ1v) is 6.93. The minimum Gasteiger partial charge on any atom is -0.383 e. The van der Waals surface area contributed by atoms with Crippen LogP contribution in [0.5, 0.6) is 0 Å². The van der Waals surface area contributed by atoms with Crippen molar-refractivity contribution in [2.24, 2.45) is 0 Å². The summed E-state index contributed by atoms with van der Waals surface area (Å²) in [7, 11) is 1.71. The standard InChI is InChI=1S/C15H22N4O/c1-12(9-16-7-8-20-2)17-10-13-11-18-14-5-3-4-6-15(14)19-13/h3-6,11-12,16-17H,7-10H2,1-2H3. The molecular formula is C15H22N4O. The molecule has 5 heteroatoms. The Morgan fingerprint density at radius 3 is 2.85 bits per heavy atom. The smallest absolute Gasteiger partial charge is 0.0890 e. The van der Waals surface area contributed by atoms with E-state index in [2.05, 4.69) is 27.5 Å². The molecule has 5 nitrogen and oxygen atoms in total. The molecule has 0 aliphatic heterocycles. The number of hydrogen-bond acceptors (Lipinski definition) is 5. The van der Waals surface area contributed by atoms with Gasteiger partial charge < -0.3 is 15.4 Å². The summed E-state index contributed by atoms with van der Waals surface area (Å²) in [6.07, 6.45) is 1.83. The van der Waals surface area contributed by atoms with Crippen LogP contribution in [0.3, 0.4) is 0 Å². The zero-order valence-corrected chi connectivity index (χ0v) is 12.1. The predicted molar refractivity (Wildman–Crippen MR) is 80.6 cm³/mol. The van der Waals surface area contributed by atoms with Gasteiger partial charge in [0.2, 0.25) is 0 Å². The lowest BCUT2D eigenvalue weighted by molar-refractivity contribution is 0.198. The number of benzene rings is 1. The second-order valence-electron chi connectivity index (χ2n) is 4.83. The van der Waals surface area contributed by atoms with Crippen LogP contribution in [0.25, 0.3) is 11.0 Å². The molecule has 1 aromatic carbocycles. The average molecular weight is 274 g/mol. The van der Waals surface area contributed by atoms with Gasteiger partial charge in [-0.25, -0.2) is 4.98 Å². The maximum Gasteiger partial charge on any atom is 0.0890 e. The summed E-state index contributed by atoms with van der Waals surface area (Å²) >= 11 is 0. The van der Waals surface area contributed by atoms with Crippen LogP contribution in [0.2, 0.25) is 0 Å². The fourth-order valence-electron chi connectivity index (χ4n) is 1.92. The van der Waals surface area contributed by atoms with Gasteiger partial charge in [-0.1, -0.05) is 12.1 Å². The average Bonchev–Trinajstić information content (AvgIpc) is 2.49. The monoisotopic (exact) mass is 274 g/mol. The molecule has 20 heavy (non-hydrogen) atoms. The van der Waals surface area contributed by atoms with E-state index in [-0.39, 0.29) is 0 Å². The van der Waals surface area contributed by atoms with Crippen LogP contribution in [0.4, 0.5) is 0 Å². The highest BCUT2D eigenvalue weighted by molar-refractivity contribution is 5.73. The molecular weight excluding hydrogens is 252 g/mol. The van der Waals surface area contributed by atoms with Gasteiger partial charge in [0.25, 0.3) is 0 Å². The number of rotatable bonds is 8. The van der Waals surface area contributed by atoms with E-state index in [9.17, 15) is 0 Å². The number of aromatic nitrogens is 2. The van der Waals surface area contributed by atoms with E-state index in [0.29, 0.717) is 6.04 Å². The number of fused-ring (bicyclic) bond motifs is 1. The van der Waals surface area contributed by atoms with Crippen molar-refractivity contribution < 1.29 is 4.74 Å². The van der Waals surface area contributed by atoms with Crippen molar-refractivity contribution in [1.82, 2.24) is 20.6 Å². The van der Waals surface area contributed by atoms with Crippen LogP contribution in [0, 0.1) is 0 Å². The SMILES string of the molecule is COCCNCC(C)NCc1cnc2ccccc2n1. The third-order valence-corrected chi connectivity index (χ3v) is 3.06. The van der Waals surface area contributed by atoms with E-state index < -0.39 is 0 Å². The van der Waals surface area contributed by atoms with Gasteiger partial charge in [0.1, 0.15) is 0 Å². The molecule has 0 saturated heterocycles. The summed E-state index contributed by atoms with van der Waals surface area (Å²) in [4.78, 5) is 9.00. The predicted octanol–water partition coefficient (Wildman–Crippen LogP) is 1.34. The lowest BCUT2D eigenvalue weighted by atomic mass is 10.3. The molecule has 0 radical (unpaired) electrons. The Hall–Kier alpha value is -1.56. The van der Waals surface area contributed by atoms with E-state index >= 15 is 0 Å². The van der Waals surface area contributed by atoms with Crippen LogP contribution in [0.15, 0.2) is 30.5 Å². The first-order chi connectivity index (χ1) is 9.79. The van der Waals surface area contributed by atoms with Gasteiger partial charge in [-0.15, -0.1) is 0 Å². The number of methoxy groups -OCH3 is 1. The molecule has 1 aromatic heterocycles. The highest BCUT2D eigenvalue weighted by Crippen LogP contribution is 2.08. The van der Waals surface area contributed by atoms with Crippen molar-refractivity contribution in [3.63, 3.8) is 0 Å². The van der Waals surface area contributed by atoms with E-state index in [4.69, 9.17) is 4.74 Å². The second-order valence-corrected chi connectivity index (χ2v) is 4.83. The number of nitrogens with one attached hydrogen (secondary N) is 2. The molecule has 0 amide bonds. The summed E-state index contributed by atoms with van der Waals surface area (Å²) in [5, 5.41) is 6.76. The van der Waals surface area contributed by atoms with Gasteiger partial charge in [0, 0.05) is 32.8 Å². The van der Waals surface area contributed by atoms with E-state index in [1.807, 2.05) is 30.5 Å². The van der Waals surface area contributed by atoms with E-state index in [1.54, 1.807) is 7.11 Å². The summed E-state index contributed by atoms with van der Waals surface area (Å²) in [6.45, 7) is 5.39. The minimum atomic E-state index is 0.375. The van der Waals surface area contributed by atoms with Crippen LogP contribution in [0.1, 0.15) is 12.6 Å². The van der Waals surface area contributed by atoms with Crippen molar-refractivity contribution in [3.05, 3.63) is 36.2 Å². The Bertz CT molecular complexity index is 532. The van der Waals surface area contributed by atoms with Gasteiger partial charge in [0.05, 0.1) is 29.5 Å². The molecule has 0 aliphatic rings. The zero-order chi connectivity index (χ0) is 14.2. The maximum atomic E-state index is 4.99. The van der Waals surface area contributed by atoms with Gasteiger partial charge in [0.15, 0.2) is 0 Å². The molecule has 0 saturated carbocycles. The molecule has 108 valence electrons. The first-order valence-electron chi connectivity index (χ1n) is 6.93. The first kappa shape index (κ1) is 14.8. The van der Waals surface area contributed by atoms with Crippen LogP contribution in [-0.4, -0.2) is 42.8 Å². The van der Waals surface area contributed by atoms with Crippen molar-refractivity contribution in [2.45, 2.75) is 19.5 Å². The van der Waals surface area contributed by atoms with E-state index in [0.717, 1.165) is 43.0 Å². The summed E-state index contributed by atoms with van der Waals surface area (Å²) in [5.41, 5.74) is 2.84. The lowest BCUT2D eigenvalue weighted by Gasteiger charge is -2.14. The second kappa shape index (κ2) is 7.89. The third-order valence-electron chi connectivity index (χ3n) is 3.06. The Balaban J connectivity index is 1.80. The third kappa shape index (κ3) is 4.52. The van der Waals surface area contributed by atoms with Gasteiger partial charge in [-0.2, -0.15) is 0 Å². The summed E-state index contributed by atoms with van der Waals surface area (Å²) in [6, 6.07) is 8.29. The van der Waals surface area contributed by atoms with Crippen LogP contribution in [-0.2, 0) is 11.3 Å². The molecule has 2 rings (SSSR count). The maximum absolute atomic E-state index is 4.99. The van der Waals surface area contributed by atoms with Crippen molar-refractivity contribution >= 4 is 11.0 Å².